The summed E-state index contributed by atoms with van der Waals surface area (Å²) in [6, 6.07) is 16.4. The van der Waals surface area contributed by atoms with Gasteiger partial charge in [-0.25, -0.2) is 9.78 Å². The molecule has 3 heterocycles. The second-order valence-electron chi connectivity index (χ2n) is 8.64. The van der Waals surface area contributed by atoms with Gasteiger partial charge in [0.1, 0.15) is 5.65 Å². The molecular formula is C27H28N4O4. The molecule has 4 aromatic rings. The Kier molecular flexibility index (Phi) is 5.94. The van der Waals surface area contributed by atoms with E-state index in [1.165, 1.54) is 4.90 Å². The van der Waals surface area contributed by atoms with Gasteiger partial charge < -0.3 is 28.8 Å². The Balaban J connectivity index is 1.40. The van der Waals surface area contributed by atoms with Crippen LogP contribution < -0.4 is 14.4 Å². The van der Waals surface area contributed by atoms with Gasteiger partial charge in [0.05, 0.1) is 19.9 Å². The normalized spacial score (nSPS) is 13.8. The molecular weight excluding hydrogens is 444 g/mol. The molecule has 1 amide bonds. The van der Waals surface area contributed by atoms with Gasteiger partial charge in [0, 0.05) is 49.8 Å². The second-order valence-corrected chi connectivity index (χ2v) is 8.64. The van der Waals surface area contributed by atoms with Gasteiger partial charge in [-0.15, -0.1) is 0 Å². The number of anilines is 1. The summed E-state index contributed by atoms with van der Waals surface area (Å²) in [5, 5.41) is 9.16. The first-order valence-electron chi connectivity index (χ1n) is 11.5. The lowest BCUT2D eigenvalue weighted by atomic mass is 10.1. The molecule has 0 bridgehead atoms. The largest absolute Gasteiger partial charge is 0.493 e. The number of aryl methyl sites for hydroxylation is 1. The molecule has 0 saturated carbocycles. The highest BCUT2D eigenvalue weighted by atomic mass is 16.5. The molecule has 8 heteroatoms. The Morgan fingerprint density at radius 2 is 1.54 bits per heavy atom. The maximum atomic E-state index is 11.1. The van der Waals surface area contributed by atoms with Crippen molar-refractivity contribution in [2.24, 2.45) is 0 Å². The molecule has 180 valence electrons. The minimum atomic E-state index is -0.848. The summed E-state index contributed by atoms with van der Waals surface area (Å²) in [4.78, 5) is 19.7. The van der Waals surface area contributed by atoms with E-state index in [0.717, 1.165) is 39.3 Å². The first-order chi connectivity index (χ1) is 17.0. The van der Waals surface area contributed by atoms with Crippen LogP contribution >= 0.6 is 0 Å². The molecule has 1 aliphatic heterocycles. The minimum absolute atomic E-state index is 0.524. The Hall–Kier alpha value is -4.20. The van der Waals surface area contributed by atoms with Crippen molar-refractivity contribution in [2.75, 3.05) is 45.3 Å². The van der Waals surface area contributed by atoms with E-state index in [4.69, 9.17) is 19.6 Å². The molecule has 1 saturated heterocycles. The van der Waals surface area contributed by atoms with Gasteiger partial charge in [0.15, 0.2) is 11.5 Å². The van der Waals surface area contributed by atoms with Crippen molar-refractivity contribution in [1.82, 2.24) is 14.3 Å². The number of aromatic nitrogens is 2. The molecule has 1 fully saturated rings. The smallest absolute Gasteiger partial charge is 0.407 e. The summed E-state index contributed by atoms with van der Waals surface area (Å²) in [5.74, 6) is 1.36. The van der Waals surface area contributed by atoms with Gasteiger partial charge in [-0.05, 0) is 60.0 Å². The van der Waals surface area contributed by atoms with E-state index in [-0.39, 0.29) is 0 Å². The first kappa shape index (κ1) is 22.6. The monoisotopic (exact) mass is 472 g/mol. The van der Waals surface area contributed by atoms with E-state index in [0.29, 0.717) is 37.7 Å². The van der Waals surface area contributed by atoms with Crippen LogP contribution in [0.2, 0.25) is 0 Å². The third-order valence-electron chi connectivity index (χ3n) is 6.53. The molecule has 35 heavy (non-hydrogen) atoms. The Morgan fingerprint density at radius 1 is 0.857 bits per heavy atom. The number of piperazine rings is 1. The molecule has 1 N–H and O–H groups in total. The number of imidazole rings is 1. The van der Waals surface area contributed by atoms with E-state index in [1.54, 1.807) is 14.2 Å². The van der Waals surface area contributed by atoms with Crippen molar-refractivity contribution in [2.45, 2.75) is 6.92 Å². The summed E-state index contributed by atoms with van der Waals surface area (Å²) < 4.78 is 12.9. The topological polar surface area (TPSA) is 79.5 Å². The molecule has 0 unspecified atom stereocenters. The van der Waals surface area contributed by atoms with Gasteiger partial charge in [-0.3, -0.25) is 0 Å². The third kappa shape index (κ3) is 4.35. The van der Waals surface area contributed by atoms with Crippen molar-refractivity contribution in [3.63, 3.8) is 0 Å². The lowest BCUT2D eigenvalue weighted by Crippen LogP contribution is -2.48. The highest BCUT2D eigenvalue weighted by Crippen LogP contribution is 2.33. The standard InChI is InChI=1S/C27H28N4O4/c1-18-14-21(19-4-7-22(8-5-19)29-10-12-30(13-11-29)27(32)33)16-31-17-23(28-26(18)31)20-6-9-24(34-2)25(15-20)35-3/h4-9,14-17H,10-13H2,1-3H3,(H,32,33). The van der Waals surface area contributed by atoms with Gasteiger partial charge in [-0.1, -0.05) is 12.1 Å². The SMILES string of the molecule is COc1ccc(-c2cn3cc(-c4ccc(N5CCN(C(=O)O)CC5)cc4)cc(C)c3n2)cc1OC. The van der Waals surface area contributed by atoms with Crippen LogP contribution in [0, 0.1) is 6.92 Å². The summed E-state index contributed by atoms with van der Waals surface area (Å²) in [7, 11) is 3.25. The molecule has 2 aromatic carbocycles. The molecule has 1 aliphatic rings. The average molecular weight is 473 g/mol. The van der Waals surface area contributed by atoms with E-state index in [1.807, 2.05) is 24.4 Å². The lowest BCUT2D eigenvalue weighted by molar-refractivity contribution is 0.142. The zero-order chi connectivity index (χ0) is 24.5. The number of pyridine rings is 1. The molecule has 0 radical (unpaired) electrons. The van der Waals surface area contributed by atoms with Gasteiger partial charge in [0.2, 0.25) is 0 Å². The van der Waals surface area contributed by atoms with Crippen LogP contribution in [0.25, 0.3) is 28.0 Å². The van der Waals surface area contributed by atoms with Crippen molar-refractivity contribution in [3.8, 4) is 33.9 Å². The predicted molar refractivity (Wildman–Crippen MR) is 136 cm³/mol. The third-order valence-corrected chi connectivity index (χ3v) is 6.53. The highest BCUT2D eigenvalue weighted by Gasteiger charge is 2.20. The maximum Gasteiger partial charge on any atom is 0.407 e. The maximum absolute atomic E-state index is 11.1. The van der Waals surface area contributed by atoms with E-state index < -0.39 is 6.09 Å². The average Bonchev–Trinajstić information content (AvgIpc) is 3.33. The summed E-state index contributed by atoms with van der Waals surface area (Å²) in [6.45, 7) is 4.52. The molecule has 0 spiro atoms. The molecule has 5 rings (SSSR count). The number of amides is 1. The van der Waals surface area contributed by atoms with Crippen LogP contribution in [0.5, 0.6) is 11.5 Å². The van der Waals surface area contributed by atoms with Crippen LogP contribution in [0.15, 0.2) is 60.9 Å². The van der Waals surface area contributed by atoms with Crippen LogP contribution in [0.1, 0.15) is 5.56 Å². The van der Waals surface area contributed by atoms with Crippen molar-refractivity contribution in [1.29, 1.82) is 0 Å². The number of carbonyl (C=O) groups is 1. The molecule has 0 aliphatic carbocycles. The number of hydrogen-bond acceptors (Lipinski definition) is 5. The number of carboxylic acid groups (broad SMARTS) is 1. The Morgan fingerprint density at radius 3 is 2.20 bits per heavy atom. The van der Waals surface area contributed by atoms with Crippen LogP contribution in [-0.4, -0.2) is 65.9 Å². The molecule has 0 atom stereocenters. The fourth-order valence-electron chi connectivity index (χ4n) is 4.58. The number of fused-ring (bicyclic) bond motifs is 1. The predicted octanol–water partition coefficient (Wildman–Crippen LogP) is 4.79. The van der Waals surface area contributed by atoms with Crippen LogP contribution in [-0.2, 0) is 0 Å². The minimum Gasteiger partial charge on any atom is -0.493 e. The summed E-state index contributed by atoms with van der Waals surface area (Å²) in [6.07, 6.45) is 3.28. The zero-order valence-corrected chi connectivity index (χ0v) is 20.1. The molecule has 2 aromatic heterocycles. The number of benzene rings is 2. The second kappa shape index (κ2) is 9.21. The number of methoxy groups -OCH3 is 2. The fraction of sp³-hybridized carbons (Fsp3) is 0.259. The van der Waals surface area contributed by atoms with Crippen molar-refractivity contribution >= 4 is 17.4 Å². The van der Waals surface area contributed by atoms with Gasteiger partial charge in [-0.2, -0.15) is 0 Å². The number of ether oxygens (including phenoxy) is 2. The number of nitrogens with zero attached hydrogens (tertiary/aromatic N) is 4. The van der Waals surface area contributed by atoms with Crippen LogP contribution in [0.3, 0.4) is 0 Å². The van der Waals surface area contributed by atoms with Gasteiger partial charge >= 0.3 is 6.09 Å². The van der Waals surface area contributed by atoms with E-state index >= 15 is 0 Å². The number of hydrogen-bond donors (Lipinski definition) is 1. The van der Waals surface area contributed by atoms with Gasteiger partial charge in [0.25, 0.3) is 0 Å². The lowest BCUT2D eigenvalue weighted by Gasteiger charge is -2.34. The highest BCUT2D eigenvalue weighted by molar-refractivity contribution is 5.72. The molecule has 8 nitrogen and oxygen atoms in total. The fourth-order valence-corrected chi connectivity index (χ4v) is 4.58. The number of rotatable bonds is 5. The first-order valence-corrected chi connectivity index (χ1v) is 11.5. The van der Waals surface area contributed by atoms with Crippen LogP contribution in [0.4, 0.5) is 10.5 Å². The Labute approximate surface area is 203 Å². The quantitative estimate of drug-likeness (QED) is 0.450. The van der Waals surface area contributed by atoms with Crippen molar-refractivity contribution in [3.05, 3.63) is 66.5 Å². The Bertz CT molecular complexity index is 1370. The summed E-state index contributed by atoms with van der Waals surface area (Å²) in [5.41, 5.74) is 7.14. The van der Waals surface area contributed by atoms with E-state index in [2.05, 4.69) is 52.8 Å². The van der Waals surface area contributed by atoms with Crippen molar-refractivity contribution < 1.29 is 19.4 Å². The van der Waals surface area contributed by atoms with E-state index in [9.17, 15) is 4.79 Å². The summed E-state index contributed by atoms with van der Waals surface area (Å²) >= 11 is 0. The zero-order valence-electron chi connectivity index (χ0n) is 20.1.